The maximum atomic E-state index is 6.13. The van der Waals surface area contributed by atoms with Crippen molar-refractivity contribution >= 4 is 5.82 Å². The van der Waals surface area contributed by atoms with Crippen molar-refractivity contribution in [2.45, 2.75) is 51.6 Å². The van der Waals surface area contributed by atoms with E-state index < -0.39 is 0 Å². The molecule has 0 aromatic carbocycles. The smallest absolute Gasteiger partial charge is 0.124 e. The van der Waals surface area contributed by atoms with E-state index in [0.717, 1.165) is 37.2 Å². The highest BCUT2D eigenvalue weighted by atomic mass is 16.5. The average molecular weight is 251 g/mol. The molecular weight excluding hydrogens is 226 g/mol. The van der Waals surface area contributed by atoms with E-state index >= 15 is 0 Å². The van der Waals surface area contributed by atoms with Crippen LogP contribution < -0.4 is 5.73 Å². The highest BCUT2D eigenvalue weighted by molar-refractivity contribution is 5.44. The van der Waals surface area contributed by atoms with Crippen LogP contribution in [-0.4, -0.2) is 22.5 Å². The molecule has 0 aliphatic heterocycles. The summed E-state index contributed by atoms with van der Waals surface area (Å²) in [6, 6.07) is 0. The fourth-order valence-corrected chi connectivity index (χ4v) is 2.74. The molecule has 2 N–H and O–H groups in total. The zero-order chi connectivity index (χ0) is 13.3. The quantitative estimate of drug-likeness (QED) is 0.873. The number of hydrogen-bond donors (Lipinski definition) is 1. The summed E-state index contributed by atoms with van der Waals surface area (Å²) in [5.74, 6) is 1.40. The Hall–Kier alpha value is -1.03. The second-order valence-corrected chi connectivity index (χ2v) is 5.95. The summed E-state index contributed by atoms with van der Waals surface area (Å²) in [5.41, 5.74) is 8.50. The van der Waals surface area contributed by atoms with Crippen LogP contribution in [0.1, 0.15) is 44.4 Å². The van der Waals surface area contributed by atoms with E-state index in [1.807, 2.05) is 14.2 Å². The molecule has 1 aliphatic carbocycles. The van der Waals surface area contributed by atoms with Crippen LogP contribution in [0.5, 0.6) is 0 Å². The SMILES string of the molecule is COC1(Cc2nn(C)c(N)c2CC(C)C)CCC1. The summed E-state index contributed by atoms with van der Waals surface area (Å²) in [5, 5.41) is 4.59. The first-order valence-electron chi connectivity index (χ1n) is 6.83. The van der Waals surface area contributed by atoms with E-state index in [-0.39, 0.29) is 5.60 Å². The number of nitrogens with two attached hydrogens (primary N) is 1. The van der Waals surface area contributed by atoms with Crippen LogP contribution in [0.15, 0.2) is 0 Å². The fraction of sp³-hybridized carbons (Fsp3) is 0.786. The van der Waals surface area contributed by atoms with Crippen LogP contribution >= 0.6 is 0 Å². The minimum absolute atomic E-state index is 0.0204. The number of methoxy groups -OCH3 is 1. The number of nitrogen functional groups attached to an aromatic ring is 1. The second-order valence-electron chi connectivity index (χ2n) is 5.95. The van der Waals surface area contributed by atoms with Crippen molar-refractivity contribution in [3.8, 4) is 0 Å². The molecule has 4 heteroatoms. The summed E-state index contributed by atoms with van der Waals surface area (Å²) in [4.78, 5) is 0. The van der Waals surface area contributed by atoms with Crippen molar-refractivity contribution in [1.29, 1.82) is 0 Å². The van der Waals surface area contributed by atoms with Crippen molar-refractivity contribution in [2.75, 3.05) is 12.8 Å². The molecule has 2 rings (SSSR count). The minimum atomic E-state index is 0.0204. The lowest BCUT2D eigenvalue weighted by Gasteiger charge is -2.40. The number of nitrogens with zero attached hydrogens (tertiary/aromatic N) is 2. The molecule has 102 valence electrons. The summed E-state index contributed by atoms with van der Waals surface area (Å²) < 4.78 is 7.50. The Kier molecular flexibility index (Phi) is 3.66. The van der Waals surface area contributed by atoms with E-state index in [9.17, 15) is 0 Å². The third-order valence-electron chi connectivity index (χ3n) is 4.08. The maximum Gasteiger partial charge on any atom is 0.124 e. The van der Waals surface area contributed by atoms with Crippen molar-refractivity contribution in [1.82, 2.24) is 9.78 Å². The number of hydrogen-bond acceptors (Lipinski definition) is 3. The molecule has 0 atom stereocenters. The van der Waals surface area contributed by atoms with Gasteiger partial charge in [-0.25, -0.2) is 0 Å². The van der Waals surface area contributed by atoms with Crippen molar-refractivity contribution in [2.24, 2.45) is 13.0 Å². The van der Waals surface area contributed by atoms with E-state index in [1.165, 1.54) is 12.0 Å². The molecule has 1 aromatic rings. The van der Waals surface area contributed by atoms with Crippen LogP contribution in [-0.2, 0) is 24.6 Å². The normalized spacial score (nSPS) is 18.1. The van der Waals surface area contributed by atoms with Crippen LogP contribution in [0.25, 0.3) is 0 Å². The Morgan fingerprint density at radius 2 is 2.11 bits per heavy atom. The fourth-order valence-electron chi connectivity index (χ4n) is 2.74. The molecule has 1 heterocycles. The Bertz CT molecular complexity index is 413. The predicted octanol–water partition coefficient (Wildman–Crippen LogP) is 2.31. The van der Waals surface area contributed by atoms with E-state index in [4.69, 9.17) is 10.5 Å². The molecule has 18 heavy (non-hydrogen) atoms. The highest BCUT2D eigenvalue weighted by Crippen LogP contribution is 2.39. The second kappa shape index (κ2) is 4.92. The third-order valence-corrected chi connectivity index (χ3v) is 4.08. The third kappa shape index (κ3) is 2.39. The first-order chi connectivity index (χ1) is 8.47. The molecule has 1 aromatic heterocycles. The number of rotatable bonds is 5. The molecule has 0 amide bonds. The molecule has 1 saturated carbocycles. The van der Waals surface area contributed by atoms with E-state index in [1.54, 1.807) is 4.68 Å². The number of anilines is 1. The topological polar surface area (TPSA) is 53.1 Å². The van der Waals surface area contributed by atoms with Gasteiger partial charge in [0.25, 0.3) is 0 Å². The molecule has 0 spiro atoms. The number of ether oxygens (including phenoxy) is 1. The van der Waals surface area contributed by atoms with Gasteiger partial charge < -0.3 is 10.5 Å². The van der Waals surface area contributed by atoms with Crippen molar-refractivity contribution in [3.63, 3.8) is 0 Å². The lowest BCUT2D eigenvalue weighted by molar-refractivity contribution is -0.0716. The number of aryl methyl sites for hydroxylation is 1. The molecule has 4 nitrogen and oxygen atoms in total. The van der Waals surface area contributed by atoms with Crippen LogP contribution in [0.3, 0.4) is 0 Å². The molecule has 0 saturated heterocycles. The van der Waals surface area contributed by atoms with Gasteiger partial charge in [0.2, 0.25) is 0 Å². The van der Waals surface area contributed by atoms with Crippen molar-refractivity contribution < 1.29 is 4.74 Å². The first-order valence-corrected chi connectivity index (χ1v) is 6.83. The number of aromatic nitrogens is 2. The van der Waals surface area contributed by atoms with Crippen LogP contribution in [0.4, 0.5) is 5.82 Å². The largest absolute Gasteiger partial charge is 0.384 e. The lowest BCUT2D eigenvalue weighted by atomic mass is 9.76. The van der Waals surface area contributed by atoms with Gasteiger partial charge in [-0.1, -0.05) is 13.8 Å². The maximum absolute atomic E-state index is 6.13. The monoisotopic (exact) mass is 251 g/mol. The van der Waals surface area contributed by atoms with Gasteiger partial charge in [0.15, 0.2) is 0 Å². The van der Waals surface area contributed by atoms with Gasteiger partial charge in [0.05, 0.1) is 11.3 Å². The molecular formula is C14H25N3O. The molecule has 1 aliphatic rings. The Morgan fingerprint density at radius 3 is 2.56 bits per heavy atom. The Morgan fingerprint density at radius 1 is 1.44 bits per heavy atom. The Balaban J connectivity index is 2.24. The van der Waals surface area contributed by atoms with Crippen molar-refractivity contribution in [3.05, 3.63) is 11.3 Å². The van der Waals surface area contributed by atoms with Gasteiger partial charge in [-0.2, -0.15) is 5.10 Å². The van der Waals surface area contributed by atoms with E-state index in [0.29, 0.717) is 5.92 Å². The molecule has 0 radical (unpaired) electrons. The summed E-state index contributed by atoms with van der Waals surface area (Å²) in [6.07, 6.45) is 5.43. The molecule has 0 unspecified atom stereocenters. The van der Waals surface area contributed by atoms with Gasteiger partial charge >= 0.3 is 0 Å². The molecule has 0 bridgehead atoms. The summed E-state index contributed by atoms with van der Waals surface area (Å²) in [7, 11) is 3.73. The summed E-state index contributed by atoms with van der Waals surface area (Å²) >= 11 is 0. The van der Waals surface area contributed by atoms with Gasteiger partial charge in [-0.3, -0.25) is 4.68 Å². The Labute approximate surface area is 110 Å². The predicted molar refractivity (Wildman–Crippen MR) is 73.5 cm³/mol. The molecule has 1 fully saturated rings. The zero-order valence-electron chi connectivity index (χ0n) is 12.0. The van der Waals surface area contributed by atoms with Gasteiger partial charge in [-0.15, -0.1) is 0 Å². The minimum Gasteiger partial charge on any atom is -0.384 e. The highest BCUT2D eigenvalue weighted by Gasteiger charge is 2.38. The van der Waals surface area contributed by atoms with E-state index in [2.05, 4.69) is 18.9 Å². The van der Waals surface area contributed by atoms with Gasteiger partial charge in [0.1, 0.15) is 5.82 Å². The summed E-state index contributed by atoms with van der Waals surface area (Å²) in [6.45, 7) is 4.43. The van der Waals surface area contributed by atoms with Gasteiger partial charge in [0, 0.05) is 26.1 Å². The average Bonchev–Trinajstić information content (AvgIpc) is 2.51. The lowest BCUT2D eigenvalue weighted by Crippen LogP contribution is -2.41. The van der Waals surface area contributed by atoms with Crippen LogP contribution in [0, 0.1) is 5.92 Å². The zero-order valence-corrected chi connectivity index (χ0v) is 12.0. The van der Waals surface area contributed by atoms with Crippen LogP contribution in [0.2, 0.25) is 0 Å². The van der Waals surface area contributed by atoms with Gasteiger partial charge in [-0.05, 0) is 31.6 Å². The standard InChI is InChI=1S/C14H25N3O/c1-10(2)8-11-12(16-17(3)13(11)15)9-14(18-4)6-5-7-14/h10H,5-9,15H2,1-4H3. The first kappa shape index (κ1) is 13.4.